The fourth-order valence-corrected chi connectivity index (χ4v) is 1.88. The summed E-state index contributed by atoms with van der Waals surface area (Å²) in [4.78, 5) is 0. The van der Waals surface area contributed by atoms with E-state index < -0.39 is 12.0 Å². The van der Waals surface area contributed by atoms with Gasteiger partial charge >= 0.3 is 0 Å². The Morgan fingerprint density at radius 1 is 1.55 bits per heavy atom. The Morgan fingerprint density at radius 2 is 2.18 bits per heavy atom. The minimum Gasteiger partial charge on any atom is -0.387 e. The Hall–Kier alpha value is 0.510. The summed E-state index contributed by atoms with van der Waals surface area (Å²) in [5.74, 6) is -2.93. The summed E-state index contributed by atoms with van der Waals surface area (Å²) in [5, 5.41) is 8.95. The highest BCUT2D eigenvalue weighted by Crippen LogP contribution is 2.27. The molecule has 0 aromatic heterocycles. The second kappa shape index (κ2) is 3.49. The molecule has 1 N–H and O–H groups in total. The summed E-state index contributed by atoms with van der Waals surface area (Å²) in [6.45, 7) is 0.294. The van der Waals surface area contributed by atoms with Crippen molar-refractivity contribution in [1.29, 1.82) is 0 Å². The maximum atomic E-state index is 12.8. The number of aliphatic hydroxyl groups excluding tert-OH is 1. The topological polar surface area (TPSA) is 23.5 Å². The van der Waals surface area contributed by atoms with Crippen LogP contribution in [0.3, 0.4) is 0 Å². The van der Waals surface area contributed by atoms with Crippen molar-refractivity contribution in [2.45, 2.75) is 24.9 Å². The van der Waals surface area contributed by atoms with Crippen LogP contribution in [-0.2, 0) is 0 Å². The minimum absolute atomic E-state index is 0.201. The third kappa shape index (κ3) is 2.48. The lowest BCUT2D eigenvalue weighted by molar-refractivity contribution is -0.107. The van der Waals surface area contributed by atoms with Crippen molar-refractivity contribution in [2.24, 2.45) is 0 Å². The van der Waals surface area contributed by atoms with E-state index in [9.17, 15) is 8.78 Å². The van der Waals surface area contributed by atoms with Gasteiger partial charge in [-0.15, -0.1) is 0 Å². The molecule has 1 aliphatic heterocycles. The first-order valence-electron chi connectivity index (χ1n) is 3.49. The first-order valence-corrected chi connectivity index (χ1v) is 4.45. The molecule has 0 amide bonds. The van der Waals surface area contributed by atoms with Crippen molar-refractivity contribution < 1.29 is 13.9 Å². The van der Waals surface area contributed by atoms with E-state index in [0.717, 1.165) is 0 Å². The molecular formula is C6H10F2INO. The smallest absolute Gasteiger partial charge is 0.286 e. The summed E-state index contributed by atoms with van der Waals surface area (Å²) in [6.07, 6.45) is -0.617. The molecule has 5 heteroatoms. The van der Waals surface area contributed by atoms with Gasteiger partial charge in [-0.25, -0.2) is 11.9 Å². The highest BCUT2D eigenvalue weighted by atomic mass is 127. The number of aliphatic hydroxyl groups is 1. The van der Waals surface area contributed by atoms with Gasteiger partial charge in [0.15, 0.2) is 0 Å². The van der Waals surface area contributed by atoms with Gasteiger partial charge in [0.25, 0.3) is 5.92 Å². The largest absolute Gasteiger partial charge is 0.387 e. The standard InChI is InChI=1S/C6H10F2INO/c7-6(8)4-10(9)3-1-2-5(6)11/h5,11H,1-4H2. The SMILES string of the molecule is OC1CCCN(I)CC1(F)F. The Bertz CT molecular complexity index is 145. The van der Waals surface area contributed by atoms with Crippen LogP contribution in [0.25, 0.3) is 0 Å². The van der Waals surface area contributed by atoms with Gasteiger partial charge in [0, 0.05) is 29.4 Å². The first kappa shape index (κ1) is 9.60. The molecule has 0 aliphatic carbocycles. The van der Waals surface area contributed by atoms with Crippen molar-refractivity contribution in [3.05, 3.63) is 0 Å². The van der Waals surface area contributed by atoms with Gasteiger partial charge in [-0.2, -0.15) is 0 Å². The highest BCUT2D eigenvalue weighted by molar-refractivity contribution is 14.1. The average molecular weight is 277 g/mol. The Balaban J connectivity index is 2.60. The van der Waals surface area contributed by atoms with Crippen molar-refractivity contribution in [3.8, 4) is 0 Å². The lowest BCUT2D eigenvalue weighted by Crippen LogP contribution is -2.39. The van der Waals surface area contributed by atoms with Crippen LogP contribution < -0.4 is 0 Å². The summed E-state index contributed by atoms with van der Waals surface area (Å²) in [6, 6.07) is 0. The molecule has 0 aromatic rings. The molecule has 0 aromatic carbocycles. The van der Waals surface area contributed by atoms with Gasteiger partial charge in [0.1, 0.15) is 6.10 Å². The zero-order valence-corrected chi connectivity index (χ0v) is 8.09. The molecular weight excluding hydrogens is 267 g/mol. The Kier molecular flexibility index (Phi) is 3.04. The first-order chi connectivity index (χ1) is 5.02. The molecule has 2 nitrogen and oxygen atoms in total. The fourth-order valence-electron chi connectivity index (χ4n) is 1.08. The van der Waals surface area contributed by atoms with E-state index in [0.29, 0.717) is 13.0 Å². The van der Waals surface area contributed by atoms with Crippen LogP contribution in [0, 0.1) is 0 Å². The lowest BCUT2D eigenvalue weighted by Gasteiger charge is -2.21. The monoisotopic (exact) mass is 277 g/mol. The molecule has 1 unspecified atom stereocenters. The summed E-state index contributed by atoms with van der Waals surface area (Å²) in [5.41, 5.74) is 0. The van der Waals surface area contributed by atoms with E-state index in [-0.39, 0.29) is 13.0 Å². The third-order valence-corrected chi connectivity index (χ3v) is 2.57. The molecule has 0 radical (unpaired) electrons. The molecule has 1 heterocycles. The molecule has 0 spiro atoms. The van der Waals surface area contributed by atoms with Crippen LogP contribution in [0.5, 0.6) is 0 Å². The molecule has 1 aliphatic rings. The Morgan fingerprint density at radius 3 is 2.82 bits per heavy atom. The second-order valence-corrected chi connectivity index (χ2v) is 4.13. The van der Waals surface area contributed by atoms with E-state index in [1.165, 1.54) is 3.11 Å². The Labute approximate surface area is 78.1 Å². The number of alkyl halides is 2. The number of hydrogen-bond donors (Lipinski definition) is 1. The second-order valence-electron chi connectivity index (χ2n) is 2.76. The maximum absolute atomic E-state index is 12.8. The highest BCUT2D eigenvalue weighted by Gasteiger charge is 2.41. The molecule has 1 rings (SSSR count). The van der Waals surface area contributed by atoms with E-state index in [2.05, 4.69) is 0 Å². The van der Waals surface area contributed by atoms with Crippen molar-refractivity contribution in [1.82, 2.24) is 3.11 Å². The average Bonchev–Trinajstić information content (AvgIpc) is 1.93. The van der Waals surface area contributed by atoms with E-state index in [4.69, 9.17) is 5.11 Å². The van der Waals surface area contributed by atoms with Crippen LogP contribution >= 0.6 is 22.9 Å². The number of nitrogens with zero attached hydrogens (tertiary/aromatic N) is 1. The normalized spacial score (nSPS) is 33.3. The third-order valence-electron chi connectivity index (χ3n) is 1.75. The number of hydrogen-bond acceptors (Lipinski definition) is 2. The number of rotatable bonds is 0. The fraction of sp³-hybridized carbons (Fsp3) is 1.00. The van der Waals surface area contributed by atoms with Crippen molar-refractivity contribution >= 4 is 22.9 Å². The molecule has 0 bridgehead atoms. The molecule has 1 fully saturated rings. The zero-order chi connectivity index (χ0) is 8.48. The summed E-state index contributed by atoms with van der Waals surface area (Å²) < 4.78 is 27.1. The van der Waals surface area contributed by atoms with Crippen LogP contribution in [0.15, 0.2) is 0 Å². The molecule has 1 atom stereocenters. The zero-order valence-electron chi connectivity index (χ0n) is 5.93. The van der Waals surface area contributed by atoms with Crippen LogP contribution in [0.1, 0.15) is 12.8 Å². The number of halogens is 3. The minimum atomic E-state index is -2.93. The van der Waals surface area contributed by atoms with Gasteiger partial charge in [-0.05, 0) is 12.8 Å². The molecule has 0 saturated carbocycles. The predicted octanol–water partition coefficient (Wildman–Crippen LogP) is 1.43. The van der Waals surface area contributed by atoms with Crippen molar-refractivity contribution in [3.63, 3.8) is 0 Å². The quantitative estimate of drug-likeness (QED) is 0.535. The van der Waals surface area contributed by atoms with Gasteiger partial charge < -0.3 is 5.11 Å². The summed E-state index contributed by atoms with van der Waals surface area (Å²) in [7, 11) is 0. The van der Waals surface area contributed by atoms with Crippen molar-refractivity contribution in [2.75, 3.05) is 13.1 Å². The van der Waals surface area contributed by atoms with E-state index >= 15 is 0 Å². The summed E-state index contributed by atoms with van der Waals surface area (Å²) >= 11 is 1.86. The van der Waals surface area contributed by atoms with Gasteiger partial charge in [-0.1, -0.05) is 0 Å². The van der Waals surface area contributed by atoms with Crippen LogP contribution in [0.2, 0.25) is 0 Å². The van der Waals surface area contributed by atoms with Gasteiger partial charge in [0.05, 0.1) is 6.54 Å². The molecule has 1 saturated heterocycles. The van der Waals surface area contributed by atoms with Crippen LogP contribution in [-0.4, -0.2) is 33.3 Å². The van der Waals surface area contributed by atoms with Crippen LogP contribution in [0.4, 0.5) is 8.78 Å². The molecule has 66 valence electrons. The predicted molar refractivity (Wildman–Crippen MR) is 45.8 cm³/mol. The molecule has 11 heavy (non-hydrogen) atoms. The van der Waals surface area contributed by atoms with Gasteiger partial charge in [-0.3, -0.25) is 0 Å². The van der Waals surface area contributed by atoms with E-state index in [1.807, 2.05) is 22.9 Å². The van der Waals surface area contributed by atoms with Gasteiger partial charge in [0.2, 0.25) is 0 Å². The van der Waals surface area contributed by atoms with E-state index in [1.54, 1.807) is 0 Å². The lowest BCUT2D eigenvalue weighted by atomic mass is 10.1. The maximum Gasteiger partial charge on any atom is 0.286 e.